The fourth-order valence-electron chi connectivity index (χ4n) is 3.07. The summed E-state index contributed by atoms with van der Waals surface area (Å²) in [6.07, 6.45) is 2.16. The minimum atomic E-state index is -3.10. The van der Waals surface area contributed by atoms with E-state index < -0.39 is 14.8 Å². The summed E-state index contributed by atoms with van der Waals surface area (Å²) in [5, 5.41) is 10.9. The van der Waals surface area contributed by atoms with Crippen LogP contribution in [0.3, 0.4) is 0 Å². The molecular formula is C15H18N2O5S. The van der Waals surface area contributed by atoms with Crippen molar-refractivity contribution in [1.29, 1.82) is 0 Å². The first-order valence-corrected chi connectivity index (χ1v) is 9.39. The van der Waals surface area contributed by atoms with Crippen molar-refractivity contribution in [3.05, 3.63) is 39.4 Å². The molecule has 1 aliphatic heterocycles. The number of carbonyl (C=O) groups excluding carboxylic acids is 1. The second-order valence-corrected chi connectivity index (χ2v) is 8.49. The number of nitro benzene ring substituents is 1. The Morgan fingerprint density at radius 2 is 1.96 bits per heavy atom. The molecule has 124 valence electrons. The fraction of sp³-hybridized carbons (Fsp3) is 0.533. The van der Waals surface area contributed by atoms with E-state index in [0.717, 1.165) is 12.8 Å². The molecule has 0 spiro atoms. The number of hydrogen-bond acceptors (Lipinski definition) is 5. The van der Waals surface area contributed by atoms with Gasteiger partial charge in [-0.3, -0.25) is 14.9 Å². The van der Waals surface area contributed by atoms with Crippen LogP contribution in [0.4, 0.5) is 5.69 Å². The summed E-state index contributed by atoms with van der Waals surface area (Å²) in [6.45, 7) is 1.73. The largest absolute Gasteiger partial charge is 0.332 e. The molecule has 1 saturated heterocycles. The first kappa shape index (κ1) is 15.9. The first-order chi connectivity index (χ1) is 10.8. The molecule has 1 aromatic rings. The number of carbonyl (C=O) groups is 1. The first-order valence-electron chi connectivity index (χ1n) is 7.56. The highest BCUT2D eigenvalue weighted by atomic mass is 32.2. The molecule has 1 atom stereocenters. The van der Waals surface area contributed by atoms with Gasteiger partial charge in [0.15, 0.2) is 9.84 Å². The lowest BCUT2D eigenvalue weighted by atomic mass is 10.0. The van der Waals surface area contributed by atoms with Crippen molar-refractivity contribution in [3.63, 3.8) is 0 Å². The third-order valence-electron chi connectivity index (χ3n) is 4.44. The molecule has 0 aromatic heterocycles. The van der Waals surface area contributed by atoms with Gasteiger partial charge in [-0.1, -0.05) is 6.07 Å². The van der Waals surface area contributed by atoms with Crippen LogP contribution in [0, 0.1) is 17.0 Å². The maximum absolute atomic E-state index is 12.9. The predicted octanol–water partition coefficient (Wildman–Crippen LogP) is 1.69. The van der Waals surface area contributed by atoms with Crippen molar-refractivity contribution >= 4 is 21.4 Å². The molecule has 1 amide bonds. The summed E-state index contributed by atoms with van der Waals surface area (Å²) in [5.41, 5.74) is 0.816. The Labute approximate surface area is 134 Å². The summed E-state index contributed by atoms with van der Waals surface area (Å²) in [6, 6.07) is 3.95. The molecule has 2 aliphatic rings. The molecule has 0 radical (unpaired) electrons. The van der Waals surface area contributed by atoms with E-state index in [0.29, 0.717) is 12.0 Å². The standard InChI is InChI=1S/C15H18N2O5S/c1-10-2-3-12(17(19)20)8-14(10)15(18)16(11-4-5-11)13-6-7-23(21,22)9-13/h2-3,8,11,13H,4-7,9H2,1H3. The lowest BCUT2D eigenvalue weighted by Crippen LogP contribution is -2.43. The number of hydrogen-bond donors (Lipinski definition) is 0. The molecule has 1 aromatic carbocycles. The van der Waals surface area contributed by atoms with Crippen molar-refractivity contribution < 1.29 is 18.1 Å². The van der Waals surface area contributed by atoms with E-state index in [2.05, 4.69) is 0 Å². The highest BCUT2D eigenvalue weighted by Gasteiger charge is 2.42. The smallest absolute Gasteiger partial charge is 0.270 e. The minimum absolute atomic E-state index is 0.0107. The SMILES string of the molecule is Cc1ccc([N+](=O)[O-])cc1C(=O)N(C1CC1)C1CCS(=O)(=O)C1. The van der Waals surface area contributed by atoms with Crippen LogP contribution in [0.1, 0.15) is 35.2 Å². The summed E-state index contributed by atoms with van der Waals surface area (Å²) >= 11 is 0. The summed E-state index contributed by atoms with van der Waals surface area (Å²) in [4.78, 5) is 25.0. The zero-order chi connectivity index (χ0) is 16.8. The molecule has 1 aliphatic carbocycles. The maximum atomic E-state index is 12.9. The van der Waals surface area contributed by atoms with E-state index in [1.807, 2.05) is 0 Å². The highest BCUT2D eigenvalue weighted by molar-refractivity contribution is 7.91. The van der Waals surface area contributed by atoms with Crippen LogP contribution in [-0.4, -0.2) is 47.7 Å². The van der Waals surface area contributed by atoms with E-state index in [1.165, 1.54) is 12.1 Å². The van der Waals surface area contributed by atoms with Crippen LogP contribution < -0.4 is 0 Å². The van der Waals surface area contributed by atoms with Crippen molar-refractivity contribution in [2.75, 3.05) is 11.5 Å². The van der Waals surface area contributed by atoms with Gasteiger partial charge in [-0.15, -0.1) is 0 Å². The Bertz CT molecular complexity index is 770. The van der Waals surface area contributed by atoms with E-state index in [1.54, 1.807) is 17.9 Å². The average molecular weight is 338 g/mol. The number of rotatable bonds is 4. The molecule has 1 unspecified atom stereocenters. The predicted molar refractivity (Wildman–Crippen MR) is 84.1 cm³/mol. The molecule has 8 heteroatoms. The number of nitrogens with zero attached hydrogens (tertiary/aromatic N) is 2. The van der Waals surface area contributed by atoms with E-state index in [9.17, 15) is 23.3 Å². The van der Waals surface area contributed by atoms with Gasteiger partial charge in [-0.05, 0) is 31.7 Å². The average Bonchev–Trinajstić information content (AvgIpc) is 3.23. The number of aryl methyl sites for hydroxylation is 1. The second kappa shape index (κ2) is 5.59. The van der Waals surface area contributed by atoms with Crippen LogP contribution in [0.5, 0.6) is 0 Å². The van der Waals surface area contributed by atoms with Gasteiger partial charge in [0, 0.05) is 29.8 Å². The fourth-order valence-corrected chi connectivity index (χ4v) is 4.78. The maximum Gasteiger partial charge on any atom is 0.270 e. The van der Waals surface area contributed by atoms with Crippen LogP contribution in [0.15, 0.2) is 18.2 Å². The third kappa shape index (κ3) is 3.21. The lowest BCUT2D eigenvalue weighted by molar-refractivity contribution is -0.384. The number of nitro groups is 1. The van der Waals surface area contributed by atoms with Gasteiger partial charge in [0.25, 0.3) is 11.6 Å². The van der Waals surface area contributed by atoms with Crippen LogP contribution in [-0.2, 0) is 9.84 Å². The Morgan fingerprint density at radius 3 is 2.48 bits per heavy atom. The zero-order valence-electron chi connectivity index (χ0n) is 12.8. The number of benzene rings is 1. The topological polar surface area (TPSA) is 97.6 Å². The Hall–Kier alpha value is -1.96. The third-order valence-corrected chi connectivity index (χ3v) is 6.19. The molecule has 1 saturated carbocycles. The minimum Gasteiger partial charge on any atom is -0.332 e. The molecule has 0 N–H and O–H groups in total. The Kier molecular flexibility index (Phi) is 3.87. The molecule has 0 bridgehead atoms. The molecule has 23 heavy (non-hydrogen) atoms. The van der Waals surface area contributed by atoms with Crippen LogP contribution >= 0.6 is 0 Å². The molecular weight excluding hydrogens is 320 g/mol. The lowest BCUT2D eigenvalue weighted by Gasteiger charge is -2.29. The van der Waals surface area contributed by atoms with E-state index in [-0.39, 0.29) is 40.7 Å². The normalized spacial score (nSPS) is 22.7. The molecule has 7 nitrogen and oxygen atoms in total. The number of non-ortho nitro benzene ring substituents is 1. The Morgan fingerprint density at radius 1 is 1.26 bits per heavy atom. The highest BCUT2D eigenvalue weighted by Crippen LogP contribution is 2.34. The summed E-state index contributed by atoms with van der Waals surface area (Å²) < 4.78 is 23.5. The van der Waals surface area contributed by atoms with Crippen molar-refractivity contribution in [2.45, 2.75) is 38.3 Å². The molecule has 3 rings (SSSR count). The van der Waals surface area contributed by atoms with Crippen LogP contribution in [0.2, 0.25) is 0 Å². The van der Waals surface area contributed by atoms with Gasteiger partial charge >= 0.3 is 0 Å². The van der Waals surface area contributed by atoms with Gasteiger partial charge in [0.1, 0.15) is 0 Å². The number of amides is 1. The van der Waals surface area contributed by atoms with Crippen molar-refractivity contribution in [2.24, 2.45) is 0 Å². The van der Waals surface area contributed by atoms with Gasteiger partial charge < -0.3 is 4.90 Å². The van der Waals surface area contributed by atoms with Crippen LogP contribution in [0.25, 0.3) is 0 Å². The van der Waals surface area contributed by atoms with Crippen molar-refractivity contribution in [3.8, 4) is 0 Å². The van der Waals surface area contributed by atoms with E-state index >= 15 is 0 Å². The number of sulfone groups is 1. The van der Waals surface area contributed by atoms with Gasteiger partial charge in [0.05, 0.1) is 16.4 Å². The molecule has 1 heterocycles. The molecule has 2 fully saturated rings. The quantitative estimate of drug-likeness (QED) is 0.615. The second-order valence-electron chi connectivity index (χ2n) is 6.26. The zero-order valence-corrected chi connectivity index (χ0v) is 13.6. The van der Waals surface area contributed by atoms with Gasteiger partial charge in [-0.25, -0.2) is 8.42 Å². The van der Waals surface area contributed by atoms with Gasteiger partial charge in [-0.2, -0.15) is 0 Å². The monoisotopic (exact) mass is 338 g/mol. The summed E-state index contributed by atoms with van der Waals surface area (Å²) in [5.74, 6) is -0.207. The Balaban J connectivity index is 1.93. The van der Waals surface area contributed by atoms with Crippen molar-refractivity contribution in [1.82, 2.24) is 4.90 Å². The van der Waals surface area contributed by atoms with E-state index in [4.69, 9.17) is 0 Å². The summed E-state index contributed by atoms with van der Waals surface area (Å²) in [7, 11) is -3.10. The van der Waals surface area contributed by atoms with Gasteiger partial charge in [0.2, 0.25) is 0 Å².